The molecule has 2 fully saturated rings. The second-order valence-corrected chi connectivity index (χ2v) is 4.42. The van der Waals surface area contributed by atoms with Crippen molar-refractivity contribution in [1.82, 2.24) is 0 Å². The van der Waals surface area contributed by atoms with E-state index >= 15 is 0 Å². The first-order valence-corrected chi connectivity index (χ1v) is 5.36. The van der Waals surface area contributed by atoms with E-state index in [-0.39, 0.29) is 18.0 Å². The van der Waals surface area contributed by atoms with Crippen LogP contribution in [0.15, 0.2) is 0 Å². The van der Waals surface area contributed by atoms with Gasteiger partial charge >= 0.3 is 5.97 Å². The number of Topliss-reactive ketones (excluding diaryl/α,β-unsaturated/α-hetero) is 1. The molecule has 2 rings (SSSR count). The average molecular weight is 196 g/mol. The molecule has 0 unspecified atom stereocenters. The molecule has 0 amide bonds. The number of carbonyl (C=O) groups excluding carboxylic acids is 2. The van der Waals surface area contributed by atoms with E-state index in [2.05, 4.69) is 0 Å². The zero-order chi connectivity index (χ0) is 10.1. The Hall–Kier alpha value is -0.860. The van der Waals surface area contributed by atoms with Crippen molar-refractivity contribution in [1.29, 1.82) is 0 Å². The number of hydrogen-bond acceptors (Lipinski definition) is 3. The van der Waals surface area contributed by atoms with Crippen LogP contribution in [0.1, 0.15) is 39.0 Å². The summed E-state index contributed by atoms with van der Waals surface area (Å²) in [5.74, 6) is 0.997. The van der Waals surface area contributed by atoms with Crippen LogP contribution in [-0.2, 0) is 14.3 Å². The molecule has 14 heavy (non-hydrogen) atoms. The first kappa shape index (κ1) is 9.69. The molecule has 78 valence electrons. The predicted octanol–water partition coefficient (Wildman–Crippen LogP) is 1.70. The van der Waals surface area contributed by atoms with Gasteiger partial charge < -0.3 is 4.74 Å². The summed E-state index contributed by atoms with van der Waals surface area (Å²) in [4.78, 5) is 22.2. The van der Waals surface area contributed by atoms with Crippen molar-refractivity contribution < 1.29 is 14.3 Å². The van der Waals surface area contributed by atoms with Crippen LogP contribution in [0.4, 0.5) is 0 Å². The fourth-order valence-electron chi connectivity index (χ4n) is 2.82. The first-order valence-electron chi connectivity index (χ1n) is 5.36. The Bertz CT molecular complexity index is 259. The van der Waals surface area contributed by atoms with Gasteiger partial charge in [-0.15, -0.1) is 0 Å². The molecule has 0 aromatic rings. The standard InChI is InChI=1S/C11H16O3/c1-7(12)14-9-3-4-10-8(6-9)2-5-11(10)13/h8-10H,2-6H2,1H3/t8-,9+,10+/m1/s1. The lowest BCUT2D eigenvalue weighted by atomic mass is 9.80. The van der Waals surface area contributed by atoms with Gasteiger partial charge in [0.2, 0.25) is 0 Å². The highest BCUT2D eigenvalue weighted by molar-refractivity contribution is 5.83. The second kappa shape index (κ2) is 3.71. The van der Waals surface area contributed by atoms with Crippen LogP contribution in [0, 0.1) is 11.8 Å². The Morgan fingerprint density at radius 2 is 2.14 bits per heavy atom. The minimum absolute atomic E-state index is 0.0691. The van der Waals surface area contributed by atoms with Gasteiger partial charge in [0.05, 0.1) is 0 Å². The molecule has 0 N–H and O–H groups in total. The third kappa shape index (κ3) is 1.81. The third-order valence-electron chi connectivity index (χ3n) is 3.44. The van der Waals surface area contributed by atoms with Crippen molar-refractivity contribution in [2.75, 3.05) is 0 Å². The Balaban J connectivity index is 1.92. The van der Waals surface area contributed by atoms with Crippen LogP contribution in [0.2, 0.25) is 0 Å². The van der Waals surface area contributed by atoms with Crippen LogP contribution in [0.25, 0.3) is 0 Å². The SMILES string of the molecule is CC(=O)O[C@H]1CC[C@@H]2C(=O)CC[C@@H]2C1. The lowest BCUT2D eigenvalue weighted by molar-refractivity contribution is -0.149. The zero-order valence-electron chi connectivity index (χ0n) is 8.49. The monoisotopic (exact) mass is 196 g/mol. The van der Waals surface area contributed by atoms with E-state index in [0.717, 1.165) is 32.1 Å². The van der Waals surface area contributed by atoms with Gasteiger partial charge in [0.15, 0.2) is 0 Å². The molecular weight excluding hydrogens is 180 g/mol. The molecule has 0 aliphatic heterocycles. The second-order valence-electron chi connectivity index (χ2n) is 4.42. The number of esters is 1. The van der Waals surface area contributed by atoms with Crippen LogP contribution < -0.4 is 0 Å². The van der Waals surface area contributed by atoms with Crippen molar-refractivity contribution in [3.63, 3.8) is 0 Å². The molecule has 3 heteroatoms. The summed E-state index contributed by atoms with van der Waals surface area (Å²) in [5.41, 5.74) is 0. The van der Waals surface area contributed by atoms with Crippen molar-refractivity contribution >= 4 is 11.8 Å². The Labute approximate surface area is 83.8 Å². The van der Waals surface area contributed by atoms with Crippen molar-refractivity contribution in [2.24, 2.45) is 11.8 Å². The number of fused-ring (bicyclic) bond motifs is 1. The maximum absolute atomic E-state index is 11.4. The molecule has 0 heterocycles. The summed E-state index contributed by atoms with van der Waals surface area (Å²) in [6.45, 7) is 1.45. The van der Waals surface area contributed by atoms with Crippen LogP contribution in [0.3, 0.4) is 0 Å². The smallest absolute Gasteiger partial charge is 0.302 e. The van der Waals surface area contributed by atoms with Gasteiger partial charge in [-0.1, -0.05) is 0 Å². The van der Waals surface area contributed by atoms with E-state index in [1.807, 2.05) is 0 Å². The Morgan fingerprint density at radius 3 is 2.86 bits per heavy atom. The van der Waals surface area contributed by atoms with E-state index in [1.54, 1.807) is 0 Å². The third-order valence-corrected chi connectivity index (χ3v) is 3.44. The van der Waals surface area contributed by atoms with E-state index in [4.69, 9.17) is 4.74 Å². The molecular formula is C11H16O3. The van der Waals surface area contributed by atoms with Gasteiger partial charge in [-0.25, -0.2) is 0 Å². The van der Waals surface area contributed by atoms with Crippen molar-refractivity contribution in [2.45, 2.75) is 45.1 Å². The number of ether oxygens (including phenoxy) is 1. The number of carbonyl (C=O) groups is 2. The zero-order valence-corrected chi connectivity index (χ0v) is 8.49. The summed E-state index contributed by atoms with van der Waals surface area (Å²) in [6, 6.07) is 0. The van der Waals surface area contributed by atoms with Gasteiger partial charge in [0.1, 0.15) is 11.9 Å². The van der Waals surface area contributed by atoms with E-state index < -0.39 is 0 Å². The summed E-state index contributed by atoms with van der Waals surface area (Å²) in [7, 11) is 0. The van der Waals surface area contributed by atoms with Gasteiger partial charge in [-0.2, -0.15) is 0 Å². The van der Waals surface area contributed by atoms with Crippen molar-refractivity contribution in [3.8, 4) is 0 Å². The molecule has 2 aliphatic carbocycles. The van der Waals surface area contributed by atoms with Gasteiger partial charge in [-0.3, -0.25) is 9.59 Å². The largest absolute Gasteiger partial charge is 0.463 e. The van der Waals surface area contributed by atoms with Crippen LogP contribution in [-0.4, -0.2) is 17.9 Å². The first-order chi connectivity index (χ1) is 6.66. The highest BCUT2D eigenvalue weighted by Gasteiger charge is 2.39. The molecule has 0 aromatic carbocycles. The number of rotatable bonds is 1. The average Bonchev–Trinajstić information content (AvgIpc) is 2.46. The lowest BCUT2D eigenvalue weighted by Gasteiger charge is -2.30. The van der Waals surface area contributed by atoms with E-state index in [0.29, 0.717) is 11.7 Å². The molecule has 0 spiro atoms. The lowest BCUT2D eigenvalue weighted by Crippen LogP contribution is -2.30. The van der Waals surface area contributed by atoms with Crippen LogP contribution >= 0.6 is 0 Å². The molecule has 0 aromatic heterocycles. The minimum Gasteiger partial charge on any atom is -0.463 e. The van der Waals surface area contributed by atoms with Gasteiger partial charge in [0, 0.05) is 19.3 Å². The highest BCUT2D eigenvalue weighted by Crippen LogP contribution is 2.40. The van der Waals surface area contributed by atoms with Gasteiger partial charge in [-0.05, 0) is 31.6 Å². The molecule has 3 atom stereocenters. The van der Waals surface area contributed by atoms with E-state index in [1.165, 1.54) is 6.92 Å². The summed E-state index contributed by atoms with van der Waals surface area (Å²) < 4.78 is 5.18. The highest BCUT2D eigenvalue weighted by atomic mass is 16.5. The quantitative estimate of drug-likeness (QED) is 0.599. The number of hydrogen-bond donors (Lipinski definition) is 0. The maximum atomic E-state index is 11.4. The van der Waals surface area contributed by atoms with Gasteiger partial charge in [0.25, 0.3) is 0 Å². The normalized spacial score (nSPS) is 36.6. The Morgan fingerprint density at radius 1 is 1.36 bits per heavy atom. The maximum Gasteiger partial charge on any atom is 0.302 e. The molecule has 0 saturated heterocycles. The summed E-state index contributed by atoms with van der Waals surface area (Å²) in [6.07, 6.45) is 4.49. The molecule has 2 aliphatic rings. The number of ketones is 1. The van der Waals surface area contributed by atoms with Crippen molar-refractivity contribution in [3.05, 3.63) is 0 Å². The summed E-state index contributed by atoms with van der Waals surface area (Å²) >= 11 is 0. The fraction of sp³-hybridized carbons (Fsp3) is 0.818. The minimum atomic E-state index is -0.197. The molecule has 2 saturated carbocycles. The Kier molecular flexibility index (Phi) is 2.57. The molecule has 0 radical (unpaired) electrons. The summed E-state index contributed by atoms with van der Waals surface area (Å²) in [5, 5.41) is 0. The predicted molar refractivity (Wildman–Crippen MR) is 50.6 cm³/mol. The topological polar surface area (TPSA) is 43.4 Å². The van der Waals surface area contributed by atoms with E-state index in [9.17, 15) is 9.59 Å². The molecule has 0 bridgehead atoms. The molecule has 3 nitrogen and oxygen atoms in total. The fourth-order valence-corrected chi connectivity index (χ4v) is 2.82. The van der Waals surface area contributed by atoms with Crippen LogP contribution in [0.5, 0.6) is 0 Å².